The maximum atomic E-state index is 12.6. The summed E-state index contributed by atoms with van der Waals surface area (Å²) in [6, 6.07) is 12.9. The minimum absolute atomic E-state index is 0.0903. The second-order valence-electron chi connectivity index (χ2n) is 10.6. The lowest BCUT2D eigenvalue weighted by molar-refractivity contribution is -0.137. The molecule has 0 heterocycles. The molecule has 0 saturated heterocycles. The number of nitrogens with zero attached hydrogens (tertiary/aromatic N) is 1. The summed E-state index contributed by atoms with van der Waals surface area (Å²) in [7, 11) is 0. The molecule has 0 radical (unpaired) electrons. The Hall–Kier alpha value is -4.41. The fraction of sp³-hybridized carbons (Fsp3) is 0.393. The van der Waals surface area contributed by atoms with Crippen molar-refractivity contribution in [2.45, 2.75) is 72.0 Å². The van der Waals surface area contributed by atoms with Gasteiger partial charge in [-0.25, -0.2) is 14.4 Å². The number of alkyl carbamates (subject to hydrolysis) is 1. The van der Waals surface area contributed by atoms with Gasteiger partial charge in [0, 0.05) is 12.1 Å². The standard InChI is InChI=1S/C28H35N3O8/c1-27(2,3)38-25(35)30-24(31-26(36)39-28(4,5)6)29-20-14-12-19(13-15-20)23(34)37-21-16-10-18(11-17-21)8-7-9-22(32)33/h10-17H,7-9H2,1-6H3,(H,32,33)(H2,29,30,31,35,36). The summed E-state index contributed by atoms with van der Waals surface area (Å²) in [5.41, 5.74) is 0.0483. The van der Waals surface area contributed by atoms with Crippen LogP contribution in [0.1, 0.15) is 70.3 Å². The Balaban J connectivity index is 2.06. The molecular weight excluding hydrogens is 506 g/mol. The molecule has 0 fully saturated rings. The molecule has 0 bridgehead atoms. The van der Waals surface area contributed by atoms with Crippen molar-refractivity contribution in [2.75, 3.05) is 5.32 Å². The van der Waals surface area contributed by atoms with E-state index in [1.807, 2.05) is 0 Å². The predicted octanol–water partition coefficient (Wildman–Crippen LogP) is 5.54. The second kappa shape index (κ2) is 13.4. The number of esters is 1. The molecule has 210 valence electrons. The summed E-state index contributed by atoms with van der Waals surface area (Å²) >= 11 is 0. The van der Waals surface area contributed by atoms with E-state index in [9.17, 15) is 19.2 Å². The van der Waals surface area contributed by atoms with E-state index in [1.54, 1.807) is 77.9 Å². The van der Waals surface area contributed by atoms with Gasteiger partial charge in [0.05, 0.1) is 5.56 Å². The number of amides is 2. The first kappa shape index (κ1) is 30.8. The minimum Gasteiger partial charge on any atom is -0.481 e. The van der Waals surface area contributed by atoms with Crippen molar-refractivity contribution in [3.63, 3.8) is 0 Å². The lowest BCUT2D eigenvalue weighted by Crippen LogP contribution is -2.40. The van der Waals surface area contributed by atoms with Crippen molar-refractivity contribution >= 4 is 35.8 Å². The normalized spacial score (nSPS) is 11.8. The molecule has 2 aromatic carbocycles. The molecule has 2 rings (SSSR count). The van der Waals surface area contributed by atoms with Gasteiger partial charge in [-0.05, 0) is 96.3 Å². The molecule has 3 N–H and O–H groups in total. The molecule has 0 atom stereocenters. The molecule has 0 aliphatic rings. The Labute approximate surface area is 227 Å². The van der Waals surface area contributed by atoms with Crippen molar-refractivity contribution in [3.05, 3.63) is 59.7 Å². The summed E-state index contributed by atoms with van der Waals surface area (Å²) in [6.45, 7) is 10.1. The largest absolute Gasteiger partial charge is 0.481 e. The monoisotopic (exact) mass is 541 g/mol. The van der Waals surface area contributed by atoms with Crippen LogP contribution in [0.15, 0.2) is 53.5 Å². The van der Waals surface area contributed by atoms with Crippen LogP contribution in [0.5, 0.6) is 5.75 Å². The fourth-order valence-electron chi connectivity index (χ4n) is 3.02. The zero-order valence-corrected chi connectivity index (χ0v) is 23.0. The van der Waals surface area contributed by atoms with Crippen LogP contribution in [-0.4, -0.2) is 46.4 Å². The van der Waals surface area contributed by atoms with Gasteiger partial charge < -0.3 is 24.6 Å². The number of carbonyl (C=O) groups is 4. The number of carbonyl (C=O) groups excluding carboxylic acids is 3. The predicted molar refractivity (Wildman–Crippen MR) is 145 cm³/mol. The van der Waals surface area contributed by atoms with Crippen molar-refractivity contribution in [1.82, 2.24) is 5.32 Å². The van der Waals surface area contributed by atoms with Crippen LogP contribution >= 0.6 is 0 Å². The van der Waals surface area contributed by atoms with Crippen LogP contribution in [0.4, 0.5) is 15.3 Å². The van der Waals surface area contributed by atoms with Gasteiger partial charge in [0.25, 0.3) is 0 Å². The fourth-order valence-corrected chi connectivity index (χ4v) is 3.02. The lowest BCUT2D eigenvalue weighted by Gasteiger charge is -2.21. The zero-order valence-electron chi connectivity index (χ0n) is 23.0. The Kier molecular flexibility index (Phi) is 10.6. The molecule has 2 aromatic rings. The van der Waals surface area contributed by atoms with E-state index in [2.05, 4.69) is 15.6 Å². The number of aliphatic imine (C=N–C) groups is 1. The van der Waals surface area contributed by atoms with E-state index in [-0.39, 0.29) is 17.9 Å². The van der Waals surface area contributed by atoms with Gasteiger partial charge in [-0.3, -0.25) is 10.1 Å². The first-order chi connectivity index (χ1) is 18.1. The van der Waals surface area contributed by atoms with Crippen LogP contribution in [0.3, 0.4) is 0 Å². The average molecular weight is 542 g/mol. The number of benzene rings is 2. The highest BCUT2D eigenvalue weighted by Crippen LogP contribution is 2.17. The Morgan fingerprint density at radius 3 is 1.97 bits per heavy atom. The van der Waals surface area contributed by atoms with E-state index >= 15 is 0 Å². The molecule has 11 nitrogen and oxygen atoms in total. The number of rotatable bonds is 7. The number of ether oxygens (including phenoxy) is 3. The Bertz CT molecular complexity index is 1190. The minimum atomic E-state index is -0.922. The topological polar surface area (TPSA) is 153 Å². The van der Waals surface area contributed by atoms with Gasteiger partial charge in [-0.2, -0.15) is 0 Å². The number of carboxylic acids is 1. The molecule has 39 heavy (non-hydrogen) atoms. The van der Waals surface area contributed by atoms with Crippen molar-refractivity contribution < 1.29 is 38.5 Å². The third kappa shape index (κ3) is 12.6. The van der Waals surface area contributed by atoms with Gasteiger partial charge in [-0.1, -0.05) is 12.1 Å². The molecule has 2 amide bonds. The SMILES string of the molecule is CC(C)(C)OC(=O)N=C(NC(=O)OC(C)(C)C)Nc1ccc(C(=O)Oc2ccc(CCCC(=O)O)cc2)cc1. The average Bonchev–Trinajstić information content (AvgIpc) is 2.77. The number of hydrogen-bond acceptors (Lipinski definition) is 7. The summed E-state index contributed by atoms with van der Waals surface area (Å²) < 4.78 is 15.8. The van der Waals surface area contributed by atoms with Gasteiger partial charge in [0.2, 0.25) is 5.96 Å². The van der Waals surface area contributed by atoms with E-state index in [4.69, 9.17) is 19.3 Å². The molecule has 0 aliphatic heterocycles. The lowest BCUT2D eigenvalue weighted by atomic mass is 10.1. The van der Waals surface area contributed by atoms with Gasteiger partial charge in [0.15, 0.2) is 0 Å². The smallest absolute Gasteiger partial charge is 0.437 e. The molecular formula is C28H35N3O8. The third-order valence-electron chi connectivity index (χ3n) is 4.59. The zero-order chi connectivity index (χ0) is 29.2. The van der Waals surface area contributed by atoms with Crippen LogP contribution in [0, 0.1) is 0 Å². The Morgan fingerprint density at radius 2 is 1.44 bits per heavy atom. The van der Waals surface area contributed by atoms with Crippen LogP contribution < -0.4 is 15.4 Å². The first-order valence-corrected chi connectivity index (χ1v) is 12.3. The van der Waals surface area contributed by atoms with Crippen LogP contribution in [0.2, 0.25) is 0 Å². The summed E-state index contributed by atoms with van der Waals surface area (Å²) in [5.74, 6) is -1.31. The van der Waals surface area contributed by atoms with Crippen LogP contribution in [0.25, 0.3) is 0 Å². The molecule has 0 aromatic heterocycles. The van der Waals surface area contributed by atoms with E-state index in [0.717, 1.165) is 5.56 Å². The highest BCUT2D eigenvalue weighted by atomic mass is 16.6. The summed E-state index contributed by atoms with van der Waals surface area (Å²) in [6.07, 6.45) is -0.532. The number of nitrogens with one attached hydrogen (secondary N) is 2. The molecule has 0 saturated carbocycles. The van der Waals surface area contributed by atoms with E-state index in [0.29, 0.717) is 24.3 Å². The summed E-state index contributed by atoms with van der Waals surface area (Å²) in [4.78, 5) is 51.5. The number of anilines is 1. The molecule has 11 heteroatoms. The van der Waals surface area contributed by atoms with Crippen molar-refractivity contribution in [3.8, 4) is 5.75 Å². The first-order valence-electron chi connectivity index (χ1n) is 12.3. The summed E-state index contributed by atoms with van der Waals surface area (Å²) in [5, 5.41) is 13.9. The number of guanidine groups is 1. The second-order valence-corrected chi connectivity index (χ2v) is 10.6. The third-order valence-corrected chi connectivity index (χ3v) is 4.59. The maximum absolute atomic E-state index is 12.6. The number of aliphatic carboxylic acids is 1. The number of hydrogen-bond donors (Lipinski definition) is 3. The maximum Gasteiger partial charge on any atom is 0.437 e. The van der Waals surface area contributed by atoms with Gasteiger partial charge >= 0.3 is 24.1 Å². The molecule has 0 spiro atoms. The molecule has 0 aliphatic carbocycles. The highest BCUT2D eigenvalue weighted by Gasteiger charge is 2.20. The Morgan fingerprint density at radius 1 is 0.846 bits per heavy atom. The number of aryl methyl sites for hydroxylation is 1. The van der Waals surface area contributed by atoms with Gasteiger partial charge in [-0.15, -0.1) is 4.99 Å². The van der Waals surface area contributed by atoms with Crippen molar-refractivity contribution in [2.24, 2.45) is 4.99 Å². The van der Waals surface area contributed by atoms with E-state index < -0.39 is 35.3 Å². The highest BCUT2D eigenvalue weighted by molar-refractivity contribution is 6.06. The number of carboxylic acid groups (broad SMARTS) is 1. The van der Waals surface area contributed by atoms with Gasteiger partial charge in [0.1, 0.15) is 17.0 Å². The van der Waals surface area contributed by atoms with E-state index in [1.165, 1.54) is 12.1 Å². The molecule has 0 unspecified atom stereocenters. The van der Waals surface area contributed by atoms with Crippen molar-refractivity contribution in [1.29, 1.82) is 0 Å². The quantitative estimate of drug-likeness (QED) is 0.177. The van der Waals surface area contributed by atoms with Crippen LogP contribution in [-0.2, 0) is 20.7 Å².